The van der Waals surface area contributed by atoms with Crippen LogP contribution in [-0.2, 0) is 9.59 Å². The van der Waals surface area contributed by atoms with E-state index in [-0.39, 0.29) is 18.4 Å². The van der Waals surface area contributed by atoms with Gasteiger partial charge in [-0.05, 0) is 38.0 Å². The van der Waals surface area contributed by atoms with E-state index in [4.69, 9.17) is 28.3 Å². The van der Waals surface area contributed by atoms with Crippen LogP contribution >= 0.6 is 23.2 Å². The number of amides is 2. The molecule has 0 bridgehead atoms. The molecule has 2 N–H and O–H groups in total. The van der Waals surface area contributed by atoms with Gasteiger partial charge in [-0.25, -0.2) is 0 Å². The van der Waals surface area contributed by atoms with Crippen LogP contribution in [0.25, 0.3) is 0 Å². The maximum atomic E-state index is 12.6. The normalized spacial score (nSPS) is 18.8. The molecule has 0 radical (unpaired) electrons. The second kappa shape index (κ2) is 7.85. The lowest BCUT2D eigenvalue weighted by molar-refractivity contribution is -0.142. The zero-order chi connectivity index (χ0) is 17.9. The van der Waals surface area contributed by atoms with E-state index in [1.165, 1.54) is 13.0 Å². The molecule has 2 rings (SSSR count). The van der Waals surface area contributed by atoms with Crippen molar-refractivity contribution < 1.29 is 19.5 Å². The van der Waals surface area contributed by atoms with Crippen molar-refractivity contribution in [3.05, 3.63) is 33.8 Å². The number of benzene rings is 1. The highest BCUT2D eigenvalue weighted by molar-refractivity contribution is 6.42. The Morgan fingerprint density at radius 1 is 1.29 bits per heavy atom. The first-order valence-corrected chi connectivity index (χ1v) is 8.32. The number of likely N-dealkylation sites (tertiary alicyclic amines) is 1. The first-order valence-electron chi connectivity index (χ1n) is 7.57. The quantitative estimate of drug-likeness (QED) is 0.849. The minimum atomic E-state index is -1.09. The molecule has 2 atom stereocenters. The number of carboxylic acid groups (broad SMARTS) is 1. The summed E-state index contributed by atoms with van der Waals surface area (Å²) in [6.45, 7) is 2.19. The van der Waals surface area contributed by atoms with E-state index in [0.29, 0.717) is 35.0 Å². The van der Waals surface area contributed by atoms with E-state index in [1.807, 2.05) is 0 Å². The average Bonchev–Trinajstić information content (AvgIpc) is 2.56. The Bertz CT molecular complexity index is 665. The van der Waals surface area contributed by atoms with Crippen molar-refractivity contribution in [1.29, 1.82) is 0 Å². The Balaban J connectivity index is 2.04. The third kappa shape index (κ3) is 4.39. The smallest absolute Gasteiger partial charge is 0.325 e. The van der Waals surface area contributed by atoms with Gasteiger partial charge in [-0.2, -0.15) is 0 Å². The molecule has 1 aliphatic heterocycles. The van der Waals surface area contributed by atoms with E-state index >= 15 is 0 Å². The maximum absolute atomic E-state index is 12.6. The van der Waals surface area contributed by atoms with E-state index < -0.39 is 17.9 Å². The number of hydrogen-bond donors (Lipinski definition) is 2. The van der Waals surface area contributed by atoms with Crippen molar-refractivity contribution in [2.24, 2.45) is 5.92 Å². The summed E-state index contributed by atoms with van der Waals surface area (Å²) >= 11 is 11.8. The Hall–Kier alpha value is -1.79. The topological polar surface area (TPSA) is 86.7 Å². The molecule has 1 aromatic carbocycles. The number of nitrogens with zero attached hydrogens (tertiary/aromatic N) is 1. The SMILES string of the molecule is C[C@H](NC(=O)C1CCCN(C(=O)c2ccc(Cl)c(Cl)c2)C1)C(=O)O. The number of halogens is 2. The van der Waals surface area contributed by atoms with Gasteiger partial charge >= 0.3 is 5.97 Å². The summed E-state index contributed by atoms with van der Waals surface area (Å²) in [5.74, 6) is -2.09. The fourth-order valence-corrected chi connectivity index (χ4v) is 2.88. The summed E-state index contributed by atoms with van der Waals surface area (Å²) in [6.07, 6.45) is 1.29. The number of carbonyl (C=O) groups is 3. The molecule has 2 amide bonds. The monoisotopic (exact) mass is 372 g/mol. The minimum absolute atomic E-state index is 0.225. The molecule has 1 saturated heterocycles. The molecule has 130 valence electrons. The number of carboxylic acids is 1. The van der Waals surface area contributed by atoms with Crippen LogP contribution in [0.1, 0.15) is 30.1 Å². The Labute approximate surface area is 149 Å². The molecule has 1 aromatic rings. The highest BCUT2D eigenvalue weighted by atomic mass is 35.5. The van der Waals surface area contributed by atoms with Gasteiger partial charge in [0.25, 0.3) is 5.91 Å². The molecular formula is C16H18Cl2N2O4. The van der Waals surface area contributed by atoms with E-state index in [1.54, 1.807) is 17.0 Å². The first-order chi connectivity index (χ1) is 11.3. The van der Waals surface area contributed by atoms with Gasteiger partial charge in [0.1, 0.15) is 6.04 Å². The van der Waals surface area contributed by atoms with Crippen molar-refractivity contribution in [1.82, 2.24) is 10.2 Å². The van der Waals surface area contributed by atoms with Gasteiger partial charge in [0.05, 0.1) is 16.0 Å². The molecule has 24 heavy (non-hydrogen) atoms. The second-order valence-electron chi connectivity index (χ2n) is 5.79. The average molecular weight is 373 g/mol. The van der Waals surface area contributed by atoms with Gasteiger partial charge in [-0.1, -0.05) is 23.2 Å². The highest BCUT2D eigenvalue weighted by Crippen LogP contribution is 2.25. The van der Waals surface area contributed by atoms with Gasteiger partial charge in [-0.15, -0.1) is 0 Å². The van der Waals surface area contributed by atoms with Crippen LogP contribution in [0.2, 0.25) is 10.0 Å². The van der Waals surface area contributed by atoms with Crippen molar-refractivity contribution in [3.63, 3.8) is 0 Å². The van der Waals surface area contributed by atoms with Crippen LogP contribution in [-0.4, -0.2) is 46.9 Å². The summed E-state index contributed by atoms with van der Waals surface area (Å²) in [6, 6.07) is 3.69. The third-order valence-electron chi connectivity index (χ3n) is 3.98. The number of aliphatic carboxylic acids is 1. The lowest BCUT2D eigenvalue weighted by Gasteiger charge is -2.32. The van der Waals surface area contributed by atoms with Gasteiger partial charge in [0, 0.05) is 18.7 Å². The number of piperidine rings is 1. The number of carbonyl (C=O) groups excluding carboxylic acids is 2. The molecule has 0 spiro atoms. The van der Waals surface area contributed by atoms with Crippen molar-refractivity contribution >= 4 is 41.0 Å². The van der Waals surface area contributed by atoms with Crippen molar-refractivity contribution in [2.75, 3.05) is 13.1 Å². The maximum Gasteiger partial charge on any atom is 0.325 e. The number of rotatable bonds is 4. The van der Waals surface area contributed by atoms with Crippen LogP contribution in [0.3, 0.4) is 0 Å². The second-order valence-corrected chi connectivity index (χ2v) is 6.60. The van der Waals surface area contributed by atoms with E-state index in [0.717, 1.165) is 0 Å². The van der Waals surface area contributed by atoms with Gasteiger partial charge in [-0.3, -0.25) is 14.4 Å². The third-order valence-corrected chi connectivity index (χ3v) is 4.71. The molecule has 1 heterocycles. The van der Waals surface area contributed by atoms with Gasteiger partial charge in [0.15, 0.2) is 0 Å². The molecule has 6 nitrogen and oxygen atoms in total. The van der Waals surface area contributed by atoms with Crippen LogP contribution in [0.15, 0.2) is 18.2 Å². The predicted molar refractivity (Wildman–Crippen MR) is 90.3 cm³/mol. The highest BCUT2D eigenvalue weighted by Gasteiger charge is 2.30. The number of hydrogen-bond acceptors (Lipinski definition) is 3. The molecule has 8 heteroatoms. The lowest BCUT2D eigenvalue weighted by atomic mass is 9.96. The summed E-state index contributed by atoms with van der Waals surface area (Å²) in [5.41, 5.74) is 0.407. The molecule has 1 unspecified atom stereocenters. The molecule has 0 aromatic heterocycles. The van der Waals surface area contributed by atoms with Crippen LogP contribution < -0.4 is 5.32 Å². The predicted octanol–water partition coefficient (Wildman–Crippen LogP) is 2.43. The Kier molecular flexibility index (Phi) is 6.07. The molecule has 0 saturated carbocycles. The van der Waals surface area contributed by atoms with Crippen LogP contribution in [0, 0.1) is 5.92 Å². The molecule has 1 fully saturated rings. The summed E-state index contributed by atoms with van der Waals surface area (Å²) in [4.78, 5) is 37.1. The zero-order valence-corrected chi connectivity index (χ0v) is 14.6. The van der Waals surface area contributed by atoms with E-state index in [9.17, 15) is 14.4 Å². The standard InChI is InChI=1S/C16H18Cl2N2O4/c1-9(16(23)24)19-14(21)11-3-2-6-20(8-11)15(22)10-4-5-12(17)13(18)7-10/h4-5,7,9,11H,2-3,6,8H2,1H3,(H,19,21)(H,23,24)/t9-,11?/m0/s1. The number of nitrogens with one attached hydrogen (secondary N) is 1. The fourth-order valence-electron chi connectivity index (χ4n) is 2.58. The summed E-state index contributed by atoms with van der Waals surface area (Å²) < 4.78 is 0. The zero-order valence-electron chi connectivity index (χ0n) is 13.1. The molecule has 0 aliphatic carbocycles. The van der Waals surface area contributed by atoms with E-state index in [2.05, 4.69) is 5.32 Å². The lowest BCUT2D eigenvalue weighted by Crippen LogP contribution is -2.48. The summed E-state index contributed by atoms with van der Waals surface area (Å²) in [7, 11) is 0. The van der Waals surface area contributed by atoms with Crippen LogP contribution in [0.5, 0.6) is 0 Å². The first kappa shape index (κ1) is 18.5. The summed E-state index contributed by atoms with van der Waals surface area (Å²) in [5, 5.41) is 12.0. The minimum Gasteiger partial charge on any atom is -0.480 e. The van der Waals surface area contributed by atoms with Crippen molar-refractivity contribution in [3.8, 4) is 0 Å². The Morgan fingerprint density at radius 3 is 2.62 bits per heavy atom. The van der Waals surface area contributed by atoms with Gasteiger partial charge in [0.2, 0.25) is 5.91 Å². The fraction of sp³-hybridized carbons (Fsp3) is 0.438. The molecular weight excluding hydrogens is 355 g/mol. The Morgan fingerprint density at radius 2 is 2.00 bits per heavy atom. The molecule has 1 aliphatic rings. The van der Waals surface area contributed by atoms with Crippen LogP contribution in [0.4, 0.5) is 0 Å². The van der Waals surface area contributed by atoms with Crippen molar-refractivity contribution in [2.45, 2.75) is 25.8 Å². The largest absolute Gasteiger partial charge is 0.480 e. The van der Waals surface area contributed by atoms with Gasteiger partial charge < -0.3 is 15.3 Å².